The fourth-order valence-electron chi connectivity index (χ4n) is 1.89. The lowest BCUT2D eigenvalue weighted by Gasteiger charge is -2.26. The Labute approximate surface area is 90.7 Å². The first kappa shape index (κ1) is 11.0. The first-order valence-electron chi connectivity index (χ1n) is 4.94. The monoisotopic (exact) mass is 229 g/mol. The molecule has 5 heteroatoms. The van der Waals surface area contributed by atoms with Crippen molar-refractivity contribution in [1.82, 2.24) is 0 Å². The highest BCUT2D eigenvalue weighted by molar-refractivity contribution is 5.78. The molecule has 0 aliphatic carbocycles. The molecule has 0 aromatic heterocycles. The van der Waals surface area contributed by atoms with Crippen molar-refractivity contribution in [3.05, 3.63) is 29.3 Å². The second-order valence-electron chi connectivity index (χ2n) is 3.74. The van der Waals surface area contributed by atoms with Gasteiger partial charge in [-0.25, -0.2) is 0 Å². The number of fused-ring (bicyclic) bond motifs is 1. The molecular weight excluding hydrogens is 219 g/mol. The van der Waals surface area contributed by atoms with Gasteiger partial charge in [-0.2, -0.15) is 13.2 Å². The van der Waals surface area contributed by atoms with Crippen molar-refractivity contribution in [2.75, 3.05) is 11.4 Å². The maximum Gasteiger partial charge on any atom is 0.416 e. The Hall–Kier alpha value is -1.52. The van der Waals surface area contributed by atoms with Gasteiger partial charge in [-0.15, -0.1) is 0 Å². The van der Waals surface area contributed by atoms with E-state index in [0.717, 1.165) is 30.5 Å². The van der Waals surface area contributed by atoms with Crippen LogP contribution < -0.4 is 4.90 Å². The normalized spacial score (nSPS) is 15.8. The number of amides is 1. The average Bonchev–Trinajstić information content (AvgIpc) is 2.26. The lowest BCUT2D eigenvalue weighted by molar-refractivity contribution is -0.137. The van der Waals surface area contributed by atoms with E-state index in [4.69, 9.17) is 0 Å². The second kappa shape index (κ2) is 3.81. The molecule has 1 aromatic rings. The highest BCUT2D eigenvalue weighted by Gasteiger charge is 2.32. The summed E-state index contributed by atoms with van der Waals surface area (Å²) in [5, 5.41) is 0. The number of carbonyl (C=O) groups excluding carboxylic acids is 1. The predicted molar refractivity (Wildman–Crippen MR) is 53.2 cm³/mol. The summed E-state index contributed by atoms with van der Waals surface area (Å²) in [5.74, 6) is 0. The van der Waals surface area contributed by atoms with E-state index >= 15 is 0 Å². The number of aryl methyl sites for hydroxylation is 1. The zero-order chi connectivity index (χ0) is 11.8. The number of rotatable bonds is 1. The van der Waals surface area contributed by atoms with Crippen LogP contribution in [-0.2, 0) is 17.4 Å². The standard InChI is InChI=1S/C11H10F3NO/c12-11(13,14)9-4-3-8-2-1-5-15(7-16)10(8)6-9/h3-4,6-7H,1-2,5H2. The second-order valence-corrected chi connectivity index (χ2v) is 3.74. The minimum atomic E-state index is -4.36. The topological polar surface area (TPSA) is 20.3 Å². The van der Waals surface area contributed by atoms with Crippen LogP contribution >= 0.6 is 0 Å². The Morgan fingerprint density at radius 1 is 1.31 bits per heavy atom. The van der Waals surface area contributed by atoms with Gasteiger partial charge in [0, 0.05) is 12.2 Å². The van der Waals surface area contributed by atoms with Crippen molar-refractivity contribution in [2.24, 2.45) is 0 Å². The zero-order valence-electron chi connectivity index (χ0n) is 8.42. The van der Waals surface area contributed by atoms with Gasteiger partial charge >= 0.3 is 6.18 Å². The number of hydrogen-bond acceptors (Lipinski definition) is 1. The first-order chi connectivity index (χ1) is 7.52. The van der Waals surface area contributed by atoms with Gasteiger partial charge in [0.1, 0.15) is 0 Å². The molecule has 16 heavy (non-hydrogen) atoms. The number of alkyl halides is 3. The van der Waals surface area contributed by atoms with Crippen LogP contribution in [0, 0.1) is 0 Å². The number of nitrogens with zero attached hydrogens (tertiary/aromatic N) is 1. The van der Waals surface area contributed by atoms with Crippen LogP contribution in [0.2, 0.25) is 0 Å². The van der Waals surface area contributed by atoms with Crippen LogP contribution in [0.4, 0.5) is 18.9 Å². The predicted octanol–water partition coefficient (Wildman–Crippen LogP) is 2.61. The highest BCUT2D eigenvalue weighted by atomic mass is 19.4. The Morgan fingerprint density at radius 2 is 2.06 bits per heavy atom. The molecule has 0 N–H and O–H groups in total. The molecule has 1 heterocycles. The molecule has 1 aliphatic rings. The summed E-state index contributed by atoms with van der Waals surface area (Å²) in [6.07, 6.45) is -2.27. The summed E-state index contributed by atoms with van der Waals surface area (Å²) in [7, 11) is 0. The first-order valence-corrected chi connectivity index (χ1v) is 4.94. The van der Waals surface area contributed by atoms with Crippen molar-refractivity contribution >= 4 is 12.1 Å². The van der Waals surface area contributed by atoms with E-state index in [2.05, 4.69) is 0 Å². The van der Waals surface area contributed by atoms with Crippen molar-refractivity contribution in [1.29, 1.82) is 0 Å². The van der Waals surface area contributed by atoms with Gasteiger partial charge in [0.05, 0.1) is 5.56 Å². The molecule has 2 nitrogen and oxygen atoms in total. The number of benzene rings is 1. The third kappa shape index (κ3) is 1.89. The van der Waals surface area contributed by atoms with Gasteiger partial charge < -0.3 is 4.90 Å². The van der Waals surface area contributed by atoms with Gasteiger partial charge in [0.25, 0.3) is 0 Å². The smallest absolute Gasteiger partial charge is 0.315 e. The Kier molecular flexibility index (Phi) is 2.61. The summed E-state index contributed by atoms with van der Waals surface area (Å²) in [6, 6.07) is 3.56. The van der Waals surface area contributed by atoms with Crippen molar-refractivity contribution < 1.29 is 18.0 Å². The van der Waals surface area contributed by atoms with Gasteiger partial charge in [-0.1, -0.05) is 6.07 Å². The molecule has 0 saturated heterocycles. The maximum absolute atomic E-state index is 12.5. The molecule has 0 saturated carbocycles. The fraction of sp³-hybridized carbons (Fsp3) is 0.364. The molecule has 0 atom stereocenters. The number of anilines is 1. The van der Waals surface area contributed by atoms with Crippen molar-refractivity contribution in [2.45, 2.75) is 19.0 Å². The SMILES string of the molecule is O=CN1CCCc2ccc(C(F)(F)F)cc21. The maximum atomic E-state index is 12.5. The summed E-state index contributed by atoms with van der Waals surface area (Å²) in [6.45, 7) is 0.484. The number of carbonyl (C=O) groups is 1. The van der Waals surface area contributed by atoms with E-state index < -0.39 is 11.7 Å². The Bertz CT molecular complexity index is 414. The molecule has 2 rings (SSSR count). The van der Waals surface area contributed by atoms with Gasteiger partial charge in [0.2, 0.25) is 6.41 Å². The summed E-state index contributed by atoms with van der Waals surface area (Å²) >= 11 is 0. The lowest BCUT2D eigenvalue weighted by Crippen LogP contribution is -2.28. The largest absolute Gasteiger partial charge is 0.416 e. The van der Waals surface area contributed by atoms with Crippen LogP contribution in [0.1, 0.15) is 17.5 Å². The van der Waals surface area contributed by atoms with E-state index in [-0.39, 0.29) is 0 Å². The van der Waals surface area contributed by atoms with Crippen molar-refractivity contribution in [3.8, 4) is 0 Å². The minimum Gasteiger partial charge on any atom is -0.315 e. The van der Waals surface area contributed by atoms with Gasteiger partial charge in [-0.3, -0.25) is 4.79 Å². The van der Waals surface area contributed by atoms with Crippen LogP contribution in [0.3, 0.4) is 0 Å². The van der Waals surface area contributed by atoms with E-state index in [9.17, 15) is 18.0 Å². The Morgan fingerprint density at radius 3 is 2.69 bits per heavy atom. The van der Waals surface area contributed by atoms with Crippen LogP contribution in [0.5, 0.6) is 0 Å². The lowest BCUT2D eigenvalue weighted by atomic mass is 10.00. The fourth-order valence-corrected chi connectivity index (χ4v) is 1.89. The molecule has 0 bridgehead atoms. The summed E-state index contributed by atoms with van der Waals surface area (Å²) in [5.41, 5.74) is 0.474. The molecule has 86 valence electrons. The molecular formula is C11H10F3NO. The summed E-state index contributed by atoms with van der Waals surface area (Å²) < 4.78 is 37.4. The third-order valence-electron chi connectivity index (χ3n) is 2.69. The number of hydrogen-bond donors (Lipinski definition) is 0. The van der Waals surface area contributed by atoms with Crippen molar-refractivity contribution in [3.63, 3.8) is 0 Å². The van der Waals surface area contributed by atoms with E-state index in [1.54, 1.807) is 0 Å². The molecule has 1 aliphatic heterocycles. The molecule has 0 spiro atoms. The number of halogens is 3. The molecule has 1 aromatic carbocycles. The quantitative estimate of drug-likeness (QED) is 0.678. The zero-order valence-corrected chi connectivity index (χ0v) is 8.42. The highest BCUT2D eigenvalue weighted by Crippen LogP contribution is 2.35. The minimum absolute atomic E-state index is 0.385. The Balaban J connectivity index is 2.46. The molecule has 0 fully saturated rings. The average molecular weight is 229 g/mol. The molecule has 0 unspecified atom stereocenters. The van der Waals surface area contributed by atoms with Gasteiger partial charge in [-0.05, 0) is 30.5 Å². The third-order valence-corrected chi connectivity index (χ3v) is 2.69. The molecule has 1 amide bonds. The van der Waals surface area contributed by atoms with Crippen LogP contribution in [0.25, 0.3) is 0 Å². The van der Waals surface area contributed by atoms with Crippen LogP contribution in [-0.4, -0.2) is 13.0 Å². The van der Waals surface area contributed by atoms with E-state index in [1.165, 1.54) is 11.0 Å². The molecule has 0 radical (unpaired) electrons. The van der Waals surface area contributed by atoms with Crippen LogP contribution in [0.15, 0.2) is 18.2 Å². The summed E-state index contributed by atoms with van der Waals surface area (Å²) in [4.78, 5) is 12.1. The van der Waals surface area contributed by atoms with E-state index in [1.807, 2.05) is 0 Å². The van der Waals surface area contributed by atoms with E-state index in [0.29, 0.717) is 18.6 Å². The van der Waals surface area contributed by atoms with Gasteiger partial charge in [0.15, 0.2) is 0 Å².